The van der Waals surface area contributed by atoms with Gasteiger partial charge in [-0.05, 0) is 28.3 Å². The van der Waals surface area contributed by atoms with E-state index in [1.54, 1.807) is 0 Å². The Bertz CT molecular complexity index is 657. The summed E-state index contributed by atoms with van der Waals surface area (Å²) < 4.78 is 6.86. The van der Waals surface area contributed by atoms with Crippen LogP contribution in [0.25, 0.3) is 0 Å². The summed E-state index contributed by atoms with van der Waals surface area (Å²) >= 11 is 0. The molecule has 28 heavy (non-hydrogen) atoms. The summed E-state index contributed by atoms with van der Waals surface area (Å²) in [4.78, 5) is 0. The lowest BCUT2D eigenvalue weighted by Gasteiger charge is -2.43. The fraction of sp³-hybridized carbons (Fsp3) is 0.500. The fourth-order valence-corrected chi connectivity index (χ4v) is 8.48. The van der Waals surface area contributed by atoms with Crippen LogP contribution in [0.15, 0.2) is 60.7 Å². The molecule has 2 aromatic carbocycles. The van der Waals surface area contributed by atoms with Crippen LogP contribution in [0, 0.1) is 5.92 Å². The maximum absolute atomic E-state index is 10.5. The van der Waals surface area contributed by atoms with Crippen LogP contribution in [0.3, 0.4) is 0 Å². The summed E-state index contributed by atoms with van der Waals surface area (Å²) in [7, 11) is -2.58. The van der Waals surface area contributed by atoms with Crippen LogP contribution < -0.4 is 10.4 Å². The van der Waals surface area contributed by atoms with Crippen molar-refractivity contribution in [2.45, 2.75) is 64.7 Å². The van der Waals surface area contributed by atoms with Crippen molar-refractivity contribution in [3.63, 3.8) is 0 Å². The normalized spacial score (nSPS) is 15.8. The van der Waals surface area contributed by atoms with Crippen LogP contribution in [0.2, 0.25) is 5.04 Å². The third kappa shape index (κ3) is 5.12. The van der Waals surface area contributed by atoms with E-state index in [0.29, 0.717) is 19.4 Å². The van der Waals surface area contributed by atoms with Gasteiger partial charge in [0.15, 0.2) is 0 Å². The standard InChI is InChI=1S/C24H36O3Si/c1-6-20(25)17-23(26)19(2)18-27-28(24(3,4)5,21-13-9-7-10-14-21)22-15-11-8-12-16-22/h7-16,19-20,23,25-26H,6,17-18H2,1-5H3/t19-,20+,23-/m0/s1. The minimum Gasteiger partial charge on any atom is -0.407 e. The molecule has 0 amide bonds. The fourth-order valence-electron chi connectivity index (χ4n) is 3.81. The summed E-state index contributed by atoms with van der Waals surface area (Å²) in [5.74, 6) is -0.0529. The summed E-state index contributed by atoms with van der Waals surface area (Å²) in [6.07, 6.45) is -0.000296. The first-order valence-electron chi connectivity index (χ1n) is 10.3. The van der Waals surface area contributed by atoms with E-state index in [0.717, 1.165) is 0 Å². The van der Waals surface area contributed by atoms with E-state index in [4.69, 9.17) is 4.43 Å². The molecule has 0 spiro atoms. The molecule has 0 bridgehead atoms. The van der Waals surface area contributed by atoms with Gasteiger partial charge in [-0.15, -0.1) is 0 Å². The van der Waals surface area contributed by atoms with Crippen LogP contribution in [-0.2, 0) is 4.43 Å². The first kappa shape index (κ1) is 22.8. The Morgan fingerprint density at radius 1 is 0.893 bits per heavy atom. The smallest absolute Gasteiger partial charge is 0.261 e. The lowest BCUT2D eigenvalue weighted by Crippen LogP contribution is -2.67. The maximum atomic E-state index is 10.5. The molecule has 0 saturated heterocycles. The molecule has 4 heteroatoms. The first-order chi connectivity index (χ1) is 13.2. The molecule has 0 unspecified atom stereocenters. The van der Waals surface area contributed by atoms with Crippen molar-refractivity contribution >= 4 is 18.7 Å². The maximum Gasteiger partial charge on any atom is 0.261 e. The van der Waals surface area contributed by atoms with Crippen molar-refractivity contribution in [1.29, 1.82) is 0 Å². The van der Waals surface area contributed by atoms with Gasteiger partial charge in [0, 0.05) is 12.5 Å². The van der Waals surface area contributed by atoms with E-state index in [2.05, 4.69) is 69.3 Å². The average Bonchev–Trinajstić information content (AvgIpc) is 2.68. The van der Waals surface area contributed by atoms with Crippen LogP contribution >= 0.6 is 0 Å². The van der Waals surface area contributed by atoms with Gasteiger partial charge in [0.25, 0.3) is 8.32 Å². The molecule has 0 aromatic heterocycles. The molecule has 0 radical (unpaired) electrons. The van der Waals surface area contributed by atoms with E-state index in [-0.39, 0.29) is 11.0 Å². The van der Waals surface area contributed by atoms with E-state index in [1.807, 2.05) is 26.0 Å². The zero-order valence-corrected chi connectivity index (χ0v) is 18.9. The van der Waals surface area contributed by atoms with E-state index >= 15 is 0 Å². The Balaban J connectivity index is 2.39. The summed E-state index contributed by atoms with van der Waals surface area (Å²) in [5, 5.41) is 22.8. The zero-order chi connectivity index (χ0) is 20.8. The molecule has 3 nitrogen and oxygen atoms in total. The van der Waals surface area contributed by atoms with E-state index < -0.39 is 20.5 Å². The van der Waals surface area contributed by atoms with Crippen molar-refractivity contribution in [3.05, 3.63) is 60.7 Å². The lowest BCUT2D eigenvalue weighted by atomic mass is 9.99. The Labute approximate surface area is 171 Å². The van der Waals surface area contributed by atoms with E-state index in [1.165, 1.54) is 10.4 Å². The minimum absolute atomic E-state index is 0.0529. The number of benzene rings is 2. The molecule has 154 valence electrons. The Morgan fingerprint density at radius 3 is 1.75 bits per heavy atom. The number of hydrogen-bond donors (Lipinski definition) is 2. The molecule has 0 aliphatic rings. The predicted molar refractivity (Wildman–Crippen MR) is 120 cm³/mol. The Hall–Kier alpha value is -1.46. The molecule has 2 aromatic rings. The summed E-state index contributed by atoms with van der Waals surface area (Å²) in [6, 6.07) is 21.1. The second-order valence-electron chi connectivity index (χ2n) is 8.82. The molecular weight excluding hydrogens is 364 g/mol. The number of hydrogen-bond acceptors (Lipinski definition) is 3. The minimum atomic E-state index is -2.58. The molecule has 2 rings (SSSR count). The SMILES string of the molecule is CC[C@@H](O)C[C@H](O)[C@@H](C)CO[Si](c1ccccc1)(c1ccccc1)C(C)(C)C. The summed E-state index contributed by atoms with van der Waals surface area (Å²) in [5.41, 5.74) is 0. The number of rotatable bonds is 9. The van der Waals surface area contributed by atoms with E-state index in [9.17, 15) is 10.2 Å². The van der Waals surface area contributed by atoms with Crippen LogP contribution in [0.5, 0.6) is 0 Å². The highest BCUT2D eigenvalue weighted by atomic mass is 28.4. The average molecular weight is 401 g/mol. The van der Waals surface area contributed by atoms with Crippen molar-refractivity contribution in [3.8, 4) is 0 Å². The van der Waals surface area contributed by atoms with Crippen molar-refractivity contribution < 1.29 is 14.6 Å². The van der Waals surface area contributed by atoms with Gasteiger partial charge in [-0.25, -0.2) is 0 Å². The van der Waals surface area contributed by atoms with Gasteiger partial charge in [-0.1, -0.05) is 95.3 Å². The molecule has 2 N–H and O–H groups in total. The monoisotopic (exact) mass is 400 g/mol. The Morgan fingerprint density at radius 2 is 1.36 bits per heavy atom. The molecule has 3 atom stereocenters. The zero-order valence-electron chi connectivity index (χ0n) is 17.9. The number of aliphatic hydroxyl groups excluding tert-OH is 2. The van der Waals surface area contributed by atoms with Gasteiger partial charge in [0.1, 0.15) is 0 Å². The molecule has 0 heterocycles. The lowest BCUT2D eigenvalue weighted by molar-refractivity contribution is 0.0306. The topological polar surface area (TPSA) is 49.7 Å². The number of aliphatic hydroxyl groups is 2. The third-order valence-electron chi connectivity index (χ3n) is 5.62. The highest BCUT2D eigenvalue weighted by Gasteiger charge is 2.50. The molecule has 0 aliphatic heterocycles. The molecule has 0 aliphatic carbocycles. The van der Waals surface area contributed by atoms with Crippen molar-refractivity contribution in [2.75, 3.05) is 6.61 Å². The van der Waals surface area contributed by atoms with Gasteiger partial charge < -0.3 is 14.6 Å². The third-order valence-corrected chi connectivity index (χ3v) is 10.6. The second-order valence-corrected chi connectivity index (χ2v) is 13.1. The molecule has 0 fully saturated rings. The molecule has 0 saturated carbocycles. The Kier molecular flexibility index (Phi) is 8.02. The quantitative estimate of drug-likeness (QED) is 0.631. The first-order valence-corrected chi connectivity index (χ1v) is 12.2. The van der Waals surface area contributed by atoms with Crippen molar-refractivity contribution in [2.24, 2.45) is 5.92 Å². The summed E-state index contributed by atoms with van der Waals surface area (Å²) in [6.45, 7) is 11.2. The molecular formula is C24H36O3Si. The van der Waals surface area contributed by atoms with Gasteiger partial charge in [-0.2, -0.15) is 0 Å². The van der Waals surface area contributed by atoms with Gasteiger partial charge in [0.2, 0.25) is 0 Å². The van der Waals surface area contributed by atoms with Gasteiger partial charge >= 0.3 is 0 Å². The van der Waals surface area contributed by atoms with Crippen LogP contribution in [0.1, 0.15) is 47.5 Å². The predicted octanol–water partition coefficient (Wildman–Crippen LogP) is 3.72. The van der Waals surface area contributed by atoms with Crippen LogP contribution in [-0.4, -0.2) is 37.3 Å². The van der Waals surface area contributed by atoms with Crippen molar-refractivity contribution in [1.82, 2.24) is 0 Å². The highest BCUT2D eigenvalue weighted by Crippen LogP contribution is 2.37. The van der Waals surface area contributed by atoms with Crippen LogP contribution in [0.4, 0.5) is 0 Å². The highest BCUT2D eigenvalue weighted by molar-refractivity contribution is 6.99. The van der Waals surface area contributed by atoms with Gasteiger partial charge in [0.05, 0.1) is 12.2 Å². The second kappa shape index (κ2) is 9.84. The van der Waals surface area contributed by atoms with Gasteiger partial charge in [-0.3, -0.25) is 0 Å². The largest absolute Gasteiger partial charge is 0.407 e.